The molecule has 1 unspecified atom stereocenters. The minimum Gasteiger partial charge on any atom is -0.326 e. The molecule has 2 rings (SSSR count). The smallest absolute Gasteiger partial charge is 0.209 e. The maximum absolute atomic E-state index is 8.89. The van der Waals surface area contributed by atoms with Gasteiger partial charge in [0.1, 0.15) is 0 Å². The van der Waals surface area contributed by atoms with Gasteiger partial charge in [0.15, 0.2) is 6.19 Å². The van der Waals surface area contributed by atoms with Crippen molar-refractivity contribution < 1.29 is 0 Å². The van der Waals surface area contributed by atoms with Crippen LogP contribution in [0.25, 0.3) is 0 Å². The number of aliphatic imine (C=N–C) groups is 1. The summed E-state index contributed by atoms with van der Waals surface area (Å²) in [4.78, 5) is 4.62. The van der Waals surface area contributed by atoms with Crippen LogP contribution in [0.4, 0.5) is 5.69 Å². The van der Waals surface area contributed by atoms with Crippen LogP contribution in [0.3, 0.4) is 0 Å². The zero-order chi connectivity index (χ0) is 14.9. The molecule has 0 aliphatic carbocycles. The number of nitriles is 1. The van der Waals surface area contributed by atoms with Gasteiger partial charge in [-0.3, -0.25) is 5.32 Å². The zero-order valence-electron chi connectivity index (χ0n) is 12.0. The molecule has 2 aromatic rings. The molecular formula is C17H18N4. The molecule has 0 fully saturated rings. The quantitative estimate of drug-likeness (QED) is 0.388. The summed E-state index contributed by atoms with van der Waals surface area (Å²) in [5.41, 5.74) is 2.02. The lowest BCUT2D eigenvalue weighted by atomic mass is 10.1. The summed E-state index contributed by atoms with van der Waals surface area (Å²) in [6.07, 6.45) is 2.78. The summed E-state index contributed by atoms with van der Waals surface area (Å²) < 4.78 is 0. The first-order valence-electron chi connectivity index (χ1n) is 6.93. The Bertz CT molecular complexity index is 614. The van der Waals surface area contributed by atoms with Crippen molar-refractivity contribution in [2.24, 2.45) is 4.99 Å². The average molecular weight is 278 g/mol. The molecule has 4 heteroatoms. The normalized spacial score (nSPS) is 12.3. The summed E-state index contributed by atoms with van der Waals surface area (Å²) in [7, 11) is 0. The Kier molecular flexibility index (Phi) is 5.36. The molecule has 0 saturated heterocycles. The lowest BCUT2D eigenvalue weighted by Crippen LogP contribution is -2.27. The van der Waals surface area contributed by atoms with Crippen molar-refractivity contribution in [2.45, 2.75) is 19.4 Å². The van der Waals surface area contributed by atoms with Crippen molar-refractivity contribution in [3.63, 3.8) is 0 Å². The van der Waals surface area contributed by atoms with Crippen molar-refractivity contribution in [3.05, 3.63) is 66.2 Å². The second-order valence-electron chi connectivity index (χ2n) is 4.54. The molecule has 2 N–H and O–H groups in total. The van der Waals surface area contributed by atoms with Crippen LogP contribution in [0.2, 0.25) is 0 Å². The fourth-order valence-electron chi connectivity index (χ4n) is 2.04. The third-order valence-electron chi connectivity index (χ3n) is 3.07. The molecule has 0 heterocycles. The minimum absolute atomic E-state index is 0.0123. The molecule has 21 heavy (non-hydrogen) atoms. The van der Waals surface area contributed by atoms with Gasteiger partial charge in [-0.15, -0.1) is 0 Å². The number of para-hydroxylation sites is 1. The van der Waals surface area contributed by atoms with Crippen molar-refractivity contribution >= 4 is 11.6 Å². The van der Waals surface area contributed by atoms with E-state index in [1.807, 2.05) is 66.9 Å². The van der Waals surface area contributed by atoms with Crippen LogP contribution in [0.5, 0.6) is 0 Å². The Morgan fingerprint density at radius 2 is 1.71 bits per heavy atom. The predicted molar refractivity (Wildman–Crippen MR) is 85.7 cm³/mol. The molecule has 0 radical (unpaired) electrons. The highest BCUT2D eigenvalue weighted by atomic mass is 15.2. The number of guanidine groups is 1. The van der Waals surface area contributed by atoms with E-state index in [0.717, 1.165) is 17.7 Å². The molecule has 0 aliphatic heterocycles. The van der Waals surface area contributed by atoms with E-state index in [1.165, 1.54) is 0 Å². The van der Waals surface area contributed by atoms with Crippen LogP contribution in [0.15, 0.2) is 65.7 Å². The van der Waals surface area contributed by atoms with Crippen molar-refractivity contribution in [2.75, 3.05) is 5.32 Å². The Morgan fingerprint density at radius 3 is 2.29 bits per heavy atom. The number of anilines is 1. The number of nitrogens with zero attached hydrogens (tertiary/aromatic N) is 2. The first-order valence-corrected chi connectivity index (χ1v) is 6.93. The maximum Gasteiger partial charge on any atom is 0.209 e. The number of rotatable bonds is 4. The lowest BCUT2D eigenvalue weighted by molar-refractivity contribution is 0.698. The molecule has 0 bridgehead atoms. The molecular weight excluding hydrogens is 260 g/mol. The van der Waals surface area contributed by atoms with Crippen LogP contribution in [-0.4, -0.2) is 5.96 Å². The van der Waals surface area contributed by atoms with Gasteiger partial charge in [-0.25, -0.2) is 4.99 Å². The number of benzene rings is 2. The van der Waals surface area contributed by atoms with Gasteiger partial charge in [0.25, 0.3) is 0 Å². The standard InChI is InChI=1S/C17H18N4/c1-2-16(14-9-5-3-6-10-14)21-17(19-13-18)20-15-11-7-4-8-12-15/h3-12,16H,2H2,1H3,(H2,19,20,21). The van der Waals surface area contributed by atoms with Crippen LogP contribution < -0.4 is 10.6 Å². The Morgan fingerprint density at radius 1 is 1.10 bits per heavy atom. The van der Waals surface area contributed by atoms with E-state index in [4.69, 9.17) is 5.26 Å². The van der Waals surface area contributed by atoms with Crippen molar-refractivity contribution in [3.8, 4) is 6.19 Å². The van der Waals surface area contributed by atoms with E-state index in [-0.39, 0.29) is 6.04 Å². The molecule has 2 aromatic carbocycles. The summed E-state index contributed by atoms with van der Waals surface area (Å²) in [6, 6.07) is 19.7. The van der Waals surface area contributed by atoms with E-state index >= 15 is 0 Å². The third kappa shape index (κ3) is 4.36. The second kappa shape index (κ2) is 7.71. The van der Waals surface area contributed by atoms with E-state index < -0.39 is 0 Å². The topological polar surface area (TPSA) is 60.2 Å². The number of hydrogen-bond acceptors (Lipinski definition) is 2. The minimum atomic E-state index is 0.0123. The first kappa shape index (κ1) is 14.6. The molecule has 0 amide bonds. The van der Waals surface area contributed by atoms with Crippen LogP contribution in [0.1, 0.15) is 24.9 Å². The molecule has 1 atom stereocenters. The number of hydrogen-bond donors (Lipinski definition) is 2. The maximum atomic E-state index is 8.89. The van der Waals surface area contributed by atoms with E-state index in [1.54, 1.807) is 0 Å². The largest absolute Gasteiger partial charge is 0.326 e. The van der Waals surface area contributed by atoms with Gasteiger partial charge in [-0.05, 0) is 24.1 Å². The second-order valence-corrected chi connectivity index (χ2v) is 4.54. The summed E-state index contributed by atoms with van der Waals surface area (Å²) >= 11 is 0. The van der Waals surface area contributed by atoms with Gasteiger partial charge in [-0.1, -0.05) is 55.5 Å². The van der Waals surface area contributed by atoms with E-state index in [0.29, 0.717) is 5.96 Å². The molecule has 4 nitrogen and oxygen atoms in total. The molecule has 0 saturated carbocycles. The Balaban J connectivity index is 2.21. The number of nitrogens with one attached hydrogen (secondary N) is 2. The lowest BCUT2D eigenvalue weighted by Gasteiger charge is -2.14. The van der Waals surface area contributed by atoms with E-state index in [2.05, 4.69) is 22.5 Å². The zero-order valence-corrected chi connectivity index (χ0v) is 12.0. The molecule has 0 aliphatic rings. The highest BCUT2D eigenvalue weighted by Crippen LogP contribution is 2.20. The SMILES string of the molecule is CCC(N=C(NC#N)Nc1ccccc1)c1ccccc1. The van der Waals surface area contributed by atoms with Gasteiger partial charge < -0.3 is 5.32 Å². The average Bonchev–Trinajstić information content (AvgIpc) is 2.54. The van der Waals surface area contributed by atoms with Gasteiger partial charge in [0.05, 0.1) is 6.04 Å². The van der Waals surface area contributed by atoms with E-state index in [9.17, 15) is 0 Å². The third-order valence-corrected chi connectivity index (χ3v) is 3.07. The fourth-order valence-corrected chi connectivity index (χ4v) is 2.04. The first-order chi connectivity index (χ1) is 10.3. The summed E-state index contributed by atoms with van der Waals surface area (Å²) in [6.45, 7) is 2.08. The highest BCUT2D eigenvalue weighted by Gasteiger charge is 2.09. The highest BCUT2D eigenvalue weighted by molar-refractivity contribution is 5.94. The van der Waals surface area contributed by atoms with Crippen LogP contribution in [0, 0.1) is 11.5 Å². The van der Waals surface area contributed by atoms with Crippen molar-refractivity contribution in [1.29, 1.82) is 5.26 Å². The predicted octanol–water partition coefficient (Wildman–Crippen LogP) is 3.68. The molecule has 106 valence electrons. The fraction of sp³-hybridized carbons (Fsp3) is 0.176. The monoisotopic (exact) mass is 278 g/mol. The van der Waals surface area contributed by atoms with Crippen molar-refractivity contribution in [1.82, 2.24) is 5.32 Å². The Hall–Kier alpha value is -2.80. The summed E-state index contributed by atoms with van der Waals surface area (Å²) in [5.74, 6) is 0.458. The van der Waals surface area contributed by atoms with Gasteiger partial charge >= 0.3 is 0 Å². The van der Waals surface area contributed by atoms with Gasteiger partial charge in [0, 0.05) is 5.69 Å². The Labute approximate surface area is 125 Å². The summed E-state index contributed by atoms with van der Waals surface area (Å²) in [5, 5.41) is 14.6. The van der Waals surface area contributed by atoms with Gasteiger partial charge in [-0.2, -0.15) is 5.26 Å². The molecule has 0 aromatic heterocycles. The van der Waals surface area contributed by atoms with Gasteiger partial charge in [0.2, 0.25) is 5.96 Å². The van der Waals surface area contributed by atoms with Crippen LogP contribution >= 0.6 is 0 Å². The molecule has 0 spiro atoms. The van der Waals surface area contributed by atoms with Crippen LogP contribution in [-0.2, 0) is 0 Å².